The Bertz CT molecular complexity index is 520. The molecule has 0 amide bonds. The minimum atomic E-state index is -2.44. The number of hydrogen-bond donors (Lipinski definition) is 0. The smallest absolute Gasteiger partial charge is 0.310 e. The Morgan fingerprint density at radius 2 is 1.14 bits per heavy atom. The monoisotopic (exact) mass is 318 g/mol. The van der Waals surface area contributed by atoms with Gasteiger partial charge in [-0.25, -0.2) is 0 Å². The molecule has 22 heavy (non-hydrogen) atoms. The summed E-state index contributed by atoms with van der Waals surface area (Å²) in [6, 6.07) is 20.1. The van der Waals surface area contributed by atoms with Gasteiger partial charge < -0.3 is 9.05 Å². The largest absolute Gasteiger partial charge is 0.319 e. The first kappa shape index (κ1) is 17.0. The predicted octanol–water partition coefficient (Wildman–Crippen LogP) is 5.02. The maximum atomic E-state index is 11.9. The van der Waals surface area contributed by atoms with Gasteiger partial charge in [0.25, 0.3) is 0 Å². The van der Waals surface area contributed by atoms with Crippen LogP contribution in [-0.2, 0) is 13.6 Å². The lowest BCUT2D eigenvalue weighted by atomic mass is 10.0. The van der Waals surface area contributed by atoms with Gasteiger partial charge in [-0.2, -0.15) is 0 Å². The van der Waals surface area contributed by atoms with Crippen molar-refractivity contribution in [2.45, 2.75) is 25.7 Å². The second-order valence-electron chi connectivity index (χ2n) is 5.50. The molecule has 0 spiro atoms. The van der Waals surface area contributed by atoms with E-state index in [-0.39, 0.29) is 11.8 Å². The van der Waals surface area contributed by atoms with Crippen molar-refractivity contribution in [3.8, 4) is 0 Å². The normalized spacial score (nSPS) is 15.2. The minimum absolute atomic E-state index is 0.199. The van der Waals surface area contributed by atoms with Crippen LogP contribution in [0.5, 0.6) is 0 Å². The lowest BCUT2D eigenvalue weighted by Crippen LogP contribution is -2.04. The zero-order valence-electron chi connectivity index (χ0n) is 13.1. The Balaban J connectivity index is 1.72. The van der Waals surface area contributed by atoms with Crippen molar-refractivity contribution in [3.63, 3.8) is 0 Å². The van der Waals surface area contributed by atoms with Crippen LogP contribution in [0, 0.1) is 0 Å². The van der Waals surface area contributed by atoms with Crippen molar-refractivity contribution in [1.82, 2.24) is 0 Å². The van der Waals surface area contributed by atoms with Crippen LogP contribution < -0.4 is 0 Å². The van der Waals surface area contributed by atoms with E-state index < -0.39 is 8.25 Å². The van der Waals surface area contributed by atoms with Gasteiger partial charge in [0.1, 0.15) is 0 Å². The van der Waals surface area contributed by atoms with Gasteiger partial charge in [-0.3, -0.25) is 4.57 Å². The Hall–Kier alpha value is -1.41. The van der Waals surface area contributed by atoms with Crippen molar-refractivity contribution >= 4 is 8.25 Å². The van der Waals surface area contributed by atoms with Crippen molar-refractivity contribution in [2.75, 3.05) is 13.2 Å². The zero-order valence-corrected chi connectivity index (χ0v) is 14.1. The molecule has 0 N–H and O–H groups in total. The van der Waals surface area contributed by atoms with Crippen molar-refractivity contribution in [1.29, 1.82) is 0 Å². The van der Waals surface area contributed by atoms with E-state index in [0.29, 0.717) is 13.2 Å². The molecule has 0 bridgehead atoms. The summed E-state index contributed by atoms with van der Waals surface area (Å²) in [7, 11) is -2.44. The summed E-state index contributed by atoms with van der Waals surface area (Å²) in [5.41, 5.74) is 2.35. The third-order valence-corrected chi connectivity index (χ3v) is 4.44. The molecule has 0 aliphatic rings. The second kappa shape index (κ2) is 8.89. The van der Waals surface area contributed by atoms with E-state index in [0.717, 1.165) is 0 Å². The highest BCUT2D eigenvalue weighted by Crippen LogP contribution is 2.29. The molecule has 2 unspecified atom stereocenters. The molecule has 118 valence electrons. The van der Waals surface area contributed by atoms with Crippen LogP contribution in [0.4, 0.5) is 0 Å². The summed E-state index contributed by atoms with van der Waals surface area (Å²) in [5, 5.41) is 0. The fraction of sp³-hybridized carbons (Fsp3) is 0.333. The molecule has 0 saturated heterocycles. The van der Waals surface area contributed by atoms with Crippen LogP contribution in [0.25, 0.3) is 0 Å². The van der Waals surface area contributed by atoms with Gasteiger partial charge >= 0.3 is 8.25 Å². The minimum Gasteiger partial charge on any atom is -0.310 e. The summed E-state index contributed by atoms with van der Waals surface area (Å²) in [6.07, 6.45) is 0. The quantitative estimate of drug-likeness (QED) is 0.641. The fourth-order valence-electron chi connectivity index (χ4n) is 2.18. The van der Waals surface area contributed by atoms with Crippen LogP contribution in [-0.4, -0.2) is 13.2 Å². The molecule has 0 fully saturated rings. The SMILES string of the molecule is CC(CO[PH](=O)OCC(C)c1ccccc1)c1ccccc1. The molecular weight excluding hydrogens is 295 g/mol. The van der Waals surface area contributed by atoms with Crippen molar-refractivity contribution in [3.05, 3.63) is 71.8 Å². The average molecular weight is 318 g/mol. The van der Waals surface area contributed by atoms with Gasteiger partial charge in [-0.05, 0) is 11.1 Å². The zero-order chi connectivity index (χ0) is 15.8. The van der Waals surface area contributed by atoms with Crippen LogP contribution in [0.15, 0.2) is 60.7 Å². The molecule has 4 heteroatoms. The van der Waals surface area contributed by atoms with Crippen molar-refractivity contribution in [2.24, 2.45) is 0 Å². The summed E-state index contributed by atoms with van der Waals surface area (Å²) in [4.78, 5) is 0. The topological polar surface area (TPSA) is 35.5 Å². The van der Waals surface area contributed by atoms with Gasteiger partial charge in [0.15, 0.2) is 0 Å². The maximum Gasteiger partial charge on any atom is 0.319 e. The summed E-state index contributed by atoms with van der Waals surface area (Å²) in [5.74, 6) is 0.399. The number of rotatable bonds is 8. The molecule has 0 aliphatic carbocycles. The highest BCUT2D eigenvalue weighted by Gasteiger charge is 2.10. The average Bonchev–Trinajstić information content (AvgIpc) is 2.59. The molecule has 2 aromatic carbocycles. The Morgan fingerprint density at radius 1 is 0.773 bits per heavy atom. The number of benzene rings is 2. The molecule has 0 heterocycles. The molecule has 2 aromatic rings. The summed E-state index contributed by atoms with van der Waals surface area (Å²) >= 11 is 0. The van der Waals surface area contributed by atoms with E-state index in [1.165, 1.54) is 11.1 Å². The molecule has 0 aliphatic heterocycles. The third-order valence-electron chi connectivity index (χ3n) is 3.64. The molecule has 2 atom stereocenters. The first-order chi connectivity index (χ1) is 10.7. The van der Waals surface area contributed by atoms with Crippen LogP contribution in [0.3, 0.4) is 0 Å². The van der Waals surface area contributed by atoms with E-state index in [1.54, 1.807) is 0 Å². The molecule has 3 nitrogen and oxygen atoms in total. The standard InChI is InChI=1S/C18H23O3P/c1-15(17-9-5-3-6-10-17)13-20-22(19)21-14-16(2)18-11-7-4-8-12-18/h3-12,15-16,22H,13-14H2,1-2H3. The van der Waals surface area contributed by atoms with Gasteiger partial charge in [0.05, 0.1) is 13.2 Å². The Labute approximate surface area is 133 Å². The Kier molecular flexibility index (Phi) is 6.85. The summed E-state index contributed by atoms with van der Waals surface area (Å²) in [6.45, 7) is 4.91. The first-order valence-corrected chi connectivity index (χ1v) is 8.78. The number of hydrogen-bond acceptors (Lipinski definition) is 3. The van der Waals surface area contributed by atoms with Crippen molar-refractivity contribution < 1.29 is 13.6 Å². The van der Waals surface area contributed by atoms with Crippen LogP contribution in [0.1, 0.15) is 36.8 Å². The highest BCUT2D eigenvalue weighted by molar-refractivity contribution is 7.33. The predicted molar refractivity (Wildman–Crippen MR) is 90.6 cm³/mol. The molecule has 0 saturated carbocycles. The lowest BCUT2D eigenvalue weighted by Gasteiger charge is -2.14. The molecular formula is C18H23O3P. The summed E-state index contributed by atoms with van der Waals surface area (Å²) < 4.78 is 22.6. The third kappa shape index (κ3) is 5.42. The van der Waals surface area contributed by atoms with E-state index in [4.69, 9.17) is 9.05 Å². The molecule has 0 radical (unpaired) electrons. The van der Waals surface area contributed by atoms with Gasteiger partial charge in [-0.1, -0.05) is 74.5 Å². The van der Waals surface area contributed by atoms with Gasteiger partial charge in [0.2, 0.25) is 0 Å². The lowest BCUT2D eigenvalue weighted by molar-refractivity contribution is 0.210. The maximum absolute atomic E-state index is 11.9. The van der Waals surface area contributed by atoms with Gasteiger partial charge in [-0.15, -0.1) is 0 Å². The van der Waals surface area contributed by atoms with Gasteiger partial charge in [0, 0.05) is 11.8 Å². The van der Waals surface area contributed by atoms with Crippen LogP contribution >= 0.6 is 8.25 Å². The van der Waals surface area contributed by atoms with E-state index >= 15 is 0 Å². The molecule has 0 aromatic heterocycles. The van der Waals surface area contributed by atoms with E-state index in [9.17, 15) is 4.57 Å². The molecule has 2 rings (SSSR count). The second-order valence-corrected chi connectivity index (χ2v) is 6.57. The highest BCUT2D eigenvalue weighted by atomic mass is 31.1. The first-order valence-electron chi connectivity index (χ1n) is 7.56. The van der Waals surface area contributed by atoms with E-state index in [1.807, 2.05) is 60.7 Å². The Morgan fingerprint density at radius 3 is 1.50 bits per heavy atom. The van der Waals surface area contributed by atoms with Crippen LogP contribution in [0.2, 0.25) is 0 Å². The fourth-order valence-corrected chi connectivity index (χ4v) is 3.04. The van der Waals surface area contributed by atoms with E-state index in [2.05, 4.69) is 13.8 Å².